The summed E-state index contributed by atoms with van der Waals surface area (Å²) >= 11 is 0. The molecule has 0 aromatic heterocycles. The zero-order chi connectivity index (χ0) is 17.6. The Kier molecular flexibility index (Phi) is 4.28. The summed E-state index contributed by atoms with van der Waals surface area (Å²) in [7, 11) is -0.0547. The summed E-state index contributed by atoms with van der Waals surface area (Å²) in [6.07, 6.45) is -4.65. The number of alkyl halides is 3. The van der Waals surface area contributed by atoms with Crippen molar-refractivity contribution in [3.8, 4) is 0 Å². The van der Waals surface area contributed by atoms with Crippen LogP contribution in [0.4, 0.5) is 13.2 Å². The highest BCUT2D eigenvalue weighted by Crippen LogP contribution is 2.38. The summed E-state index contributed by atoms with van der Waals surface area (Å²) in [5.74, 6) is -0.837. The van der Waals surface area contributed by atoms with E-state index in [1.165, 1.54) is 12.1 Å². The molecule has 0 unspecified atom stereocenters. The van der Waals surface area contributed by atoms with E-state index < -0.39 is 36.0 Å². The van der Waals surface area contributed by atoms with Crippen molar-refractivity contribution in [1.82, 2.24) is 0 Å². The predicted octanol–water partition coefficient (Wildman–Crippen LogP) is 2.79. The van der Waals surface area contributed by atoms with Gasteiger partial charge in [-0.3, -0.25) is 0 Å². The molecule has 0 bridgehead atoms. The minimum Gasteiger partial charge on any atom is -0.465 e. The molecule has 1 aliphatic rings. The maximum Gasteiger partial charge on any atom is 0.495 e. The maximum absolute atomic E-state index is 13.4. The van der Waals surface area contributed by atoms with E-state index in [2.05, 4.69) is 4.74 Å². The number of carbonyl (C=O) groups excluding carboxylic acids is 1. The van der Waals surface area contributed by atoms with E-state index in [-0.39, 0.29) is 11.0 Å². The lowest BCUT2D eigenvalue weighted by Crippen LogP contribution is -2.41. The van der Waals surface area contributed by atoms with Crippen LogP contribution >= 0.6 is 0 Å². The number of hydrogen-bond acceptors (Lipinski definition) is 4. The molecule has 0 atom stereocenters. The fraction of sp³-hybridized carbons (Fsp3) is 0.533. The summed E-state index contributed by atoms with van der Waals surface area (Å²) in [4.78, 5) is 11.5. The second-order valence-electron chi connectivity index (χ2n) is 6.38. The van der Waals surface area contributed by atoms with Gasteiger partial charge in [-0.05, 0) is 45.3 Å². The quantitative estimate of drug-likeness (QED) is 0.618. The largest absolute Gasteiger partial charge is 0.495 e. The Morgan fingerprint density at radius 1 is 1.13 bits per heavy atom. The van der Waals surface area contributed by atoms with Gasteiger partial charge < -0.3 is 14.0 Å². The molecule has 0 spiro atoms. The van der Waals surface area contributed by atoms with Gasteiger partial charge >= 0.3 is 19.3 Å². The van der Waals surface area contributed by atoms with Crippen LogP contribution in [0.3, 0.4) is 0 Å². The minimum atomic E-state index is -4.65. The summed E-state index contributed by atoms with van der Waals surface area (Å²) < 4.78 is 55.9. The molecule has 0 amide bonds. The van der Waals surface area contributed by atoms with Crippen molar-refractivity contribution in [2.75, 3.05) is 7.11 Å². The average molecular weight is 330 g/mol. The van der Waals surface area contributed by atoms with E-state index in [0.29, 0.717) is 0 Å². The number of carbonyl (C=O) groups is 1. The van der Waals surface area contributed by atoms with E-state index in [1.807, 2.05) is 0 Å². The third-order valence-electron chi connectivity index (χ3n) is 4.29. The number of benzene rings is 1. The highest BCUT2D eigenvalue weighted by molar-refractivity contribution is 6.62. The molecule has 8 heteroatoms. The zero-order valence-corrected chi connectivity index (χ0v) is 13.6. The van der Waals surface area contributed by atoms with Gasteiger partial charge in [-0.25, -0.2) is 4.79 Å². The van der Waals surface area contributed by atoms with Gasteiger partial charge in [0.15, 0.2) is 0 Å². The number of ether oxygens (including phenoxy) is 1. The topological polar surface area (TPSA) is 44.8 Å². The molecule has 4 nitrogen and oxygen atoms in total. The van der Waals surface area contributed by atoms with Crippen molar-refractivity contribution in [2.24, 2.45) is 0 Å². The summed E-state index contributed by atoms with van der Waals surface area (Å²) in [5.41, 5.74) is -2.84. The fourth-order valence-corrected chi connectivity index (χ4v) is 2.22. The van der Waals surface area contributed by atoms with Gasteiger partial charge in [0.25, 0.3) is 0 Å². The molecule has 1 aromatic carbocycles. The van der Waals surface area contributed by atoms with Crippen molar-refractivity contribution in [2.45, 2.75) is 45.1 Å². The van der Waals surface area contributed by atoms with Gasteiger partial charge in [0.2, 0.25) is 0 Å². The SMILES string of the molecule is COC(=O)c1ccc(B2OC(C)(C)C(C)(C)O2)c(C(F)(F)F)c1. The number of halogens is 3. The van der Waals surface area contributed by atoms with Crippen LogP contribution < -0.4 is 5.46 Å². The lowest BCUT2D eigenvalue weighted by molar-refractivity contribution is -0.136. The van der Waals surface area contributed by atoms with Crippen molar-refractivity contribution >= 4 is 18.6 Å². The maximum atomic E-state index is 13.4. The smallest absolute Gasteiger partial charge is 0.465 e. The minimum absolute atomic E-state index is 0.163. The molecule has 0 aliphatic carbocycles. The second kappa shape index (κ2) is 5.52. The van der Waals surface area contributed by atoms with Crippen LogP contribution in [-0.2, 0) is 20.2 Å². The van der Waals surface area contributed by atoms with Crippen LogP contribution in [0.15, 0.2) is 18.2 Å². The fourth-order valence-electron chi connectivity index (χ4n) is 2.22. The molecule has 126 valence electrons. The Morgan fingerprint density at radius 3 is 2.09 bits per heavy atom. The molecule has 1 aliphatic heterocycles. The van der Waals surface area contributed by atoms with E-state index in [4.69, 9.17) is 9.31 Å². The molecule has 2 rings (SSSR count). The first-order valence-electron chi connectivity index (χ1n) is 7.04. The van der Waals surface area contributed by atoms with Crippen LogP contribution in [0.5, 0.6) is 0 Å². The van der Waals surface area contributed by atoms with Crippen LogP contribution in [0.25, 0.3) is 0 Å². The highest BCUT2D eigenvalue weighted by atomic mass is 19.4. The molecule has 1 fully saturated rings. The first-order chi connectivity index (χ1) is 10.4. The molecule has 1 heterocycles. The summed E-state index contributed by atoms with van der Waals surface area (Å²) in [6.45, 7) is 7.01. The number of methoxy groups -OCH3 is 1. The van der Waals surface area contributed by atoms with Gasteiger partial charge in [0.05, 0.1) is 29.4 Å². The molecule has 1 saturated heterocycles. The van der Waals surface area contributed by atoms with Gasteiger partial charge in [0, 0.05) is 0 Å². The molecular formula is C15H18BF3O4. The molecule has 0 saturated carbocycles. The van der Waals surface area contributed by atoms with E-state index in [0.717, 1.165) is 13.2 Å². The monoisotopic (exact) mass is 330 g/mol. The normalized spacial score (nSPS) is 19.7. The Hall–Kier alpha value is -1.54. The Labute approximate surface area is 133 Å². The molecule has 1 aromatic rings. The Balaban J connectivity index is 2.50. The van der Waals surface area contributed by atoms with E-state index in [9.17, 15) is 18.0 Å². The third-order valence-corrected chi connectivity index (χ3v) is 4.29. The summed E-state index contributed by atoms with van der Waals surface area (Å²) in [6, 6.07) is 3.21. The second-order valence-corrected chi connectivity index (χ2v) is 6.38. The van der Waals surface area contributed by atoms with Crippen LogP contribution in [0.1, 0.15) is 43.6 Å². The third kappa shape index (κ3) is 3.23. The number of esters is 1. The average Bonchev–Trinajstić information content (AvgIpc) is 2.65. The molecular weight excluding hydrogens is 312 g/mol. The van der Waals surface area contributed by atoms with Crippen molar-refractivity contribution < 1.29 is 32.0 Å². The summed E-state index contributed by atoms with van der Waals surface area (Å²) in [5, 5.41) is 0. The predicted molar refractivity (Wildman–Crippen MR) is 78.5 cm³/mol. The first-order valence-corrected chi connectivity index (χ1v) is 7.04. The standard InChI is InChI=1S/C15H18BF3O4/c1-13(2)14(3,4)23-16(22-13)11-7-6-9(12(20)21-5)8-10(11)15(17,18)19/h6-8H,1-5H3. The number of rotatable bonds is 2. The lowest BCUT2D eigenvalue weighted by atomic mass is 9.75. The van der Waals surface area contributed by atoms with Crippen LogP contribution in [-0.4, -0.2) is 31.4 Å². The van der Waals surface area contributed by atoms with Crippen LogP contribution in [0, 0.1) is 0 Å². The van der Waals surface area contributed by atoms with Gasteiger partial charge in [-0.1, -0.05) is 6.07 Å². The van der Waals surface area contributed by atoms with Gasteiger partial charge in [-0.2, -0.15) is 13.2 Å². The van der Waals surface area contributed by atoms with Crippen molar-refractivity contribution in [1.29, 1.82) is 0 Å². The Morgan fingerprint density at radius 2 is 1.65 bits per heavy atom. The lowest BCUT2D eigenvalue weighted by Gasteiger charge is -2.32. The van der Waals surface area contributed by atoms with E-state index in [1.54, 1.807) is 27.7 Å². The van der Waals surface area contributed by atoms with Crippen molar-refractivity contribution in [3.63, 3.8) is 0 Å². The van der Waals surface area contributed by atoms with Crippen molar-refractivity contribution in [3.05, 3.63) is 29.3 Å². The highest BCUT2D eigenvalue weighted by Gasteiger charge is 2.53. The van der Waals surface area contributed by atoms with Gasteiger partial charge in [0.1, 0.15) is 0 Å². The zero-order valence-electron chi connectivity index (χ0n) is 13.6. The van der Waals surface area contributed by atoms with E-state index >= 15 is 0 Å². The molecule has 0 radical (unpaired) electrons. The molecule has 23 heavy (non-hydrogen) atoms. The molecule has 0 N–H and O–H groups in total. The van der Waals surface area contributed by atoms with Gasteiger partial charge in [-0.15, -0.1) is 0 Å². The Bertz CT molecular complexity index is 610. The van der Waals surface area contributed by atoms with Crippen LogP contribution in [0.2, 0.25) is 0 Å². The number of hydrogen-bond donors (Lipinski definition) is 0. The first kappa shape index (κ1) is 17.8.